The molecule has 13 heteroatoms. The zero-order valence-electron chi connectivity index (χ0n) is 14.4. The highest BCUT2D eigenvalue weighted by molar-refractivity contribution is 14.1. The quantitative estimate of drug-likeness (QED) is 0.147. The van der Waals surface area contributed by atoms with E-state index in [9.17, 15) is 20.0 Å². The van der Waals surface area contributed by atoms with Crippen molar-refractivity contribution >= 4 is 109 Å². The number of halogens is 4. The van der Waals surface area contributed by atoms with Crippen LogP contribution in [0, 0.1) is 17.3 Å². The van der Waals surface area contributed by atoms with Crippen molar-refractivity contribution in [3.05, 3.63) is 67.6 Å². The Morgan fingerprint density at radius 1 is 1.17 bits per heavy atom. The molecule has 0 aromatic heterocycles. The number of benzene rings is 2. The molecule has 0 bridgehead atoms. The van der Waals surface area contributed by atoms with Gasteiger partial charge in [0, 0.05) is 25.8 Å². The number of amides is 1. The highest BCUT2D eigenvalue weighted by Gasteiger charge is 2.25. The van der Waals surface area contributed by atoms with Gasteiger partial charge in [0.2, 0.25) is 0 Å². The van der Waals surface area contributed by atoms with E-state index in [1.165, 1.54) is 24.4 Å². The third kappa shape index (κ3) is 5.43. The lowest BCUT2D eigenvalue weighted by molar-refractivity contribution is -0.384. The van der Waals surface area contributed by atoms with E-state index < -0.39 is 10.8 Å². The van der Waals surface area contributed by atoms with Crippen LogP contribution in [0.25, 0.3) is 6.08 Å². The molecular formula is C17H8Cl2I2N4O4S. The standard InChI is InChI=1S/C17H8Cl2I2N4O4S/c18-10-5-11(19)13(25(28)29)2-7(10)3-14-16(27)23-17(30-14)24-22-6-8-1-9(20)4-12(21)15(8)26/h1-6,26H,(H,23,24,27). The second kappa shape index (κ2) is 9.80. The second-order valence-corrected chi connectivity index (χ2v) is 9.88. The Labute approximate surface area is 211 Å². The van der Waals surface area contributed by atoms with Gasteiger partial charge < -0.3 is 5.11 Å². The van der Waals surface area contributed by atoms with Gasteiger partial charge in [-0.15, -0.1) is 5.10 Å². The van der Waals surface area contributed by atoms with Crippen LogP contribution in [0.2, 0.25) is 10.0 Å². The van der Waals surface area contributed by atoms with Crippen molar-refractivity contribution in [1.29, 1.82) is 0 Å². The predicted octanol–water partition coefficient (Wildman–Crippen LogP) is 5.41. The molecule has 0 spiro atoms. The van der Waals surface area contributed by atoms with Gasteiger partial charge in [-0.1, -0.05) is 23.2 Å². The molecule has 1 aliphatic heterocycles. The number of aromatic hydroxyl groups is 1. The van der Waals surface area contributed by atoms with Crippen LogP contribution in [0.4, 0.5) is 5.69 Å². The van der Waals surface area contributed by atoms with E-state index in [0.29, 0.717) is 9.13 Å². The Morgan fingerprint density at radius 2 is 1.90 bits per heavy atom. The number of thioether (sulfide) groups is 1. The van der Waals surface area contributed by atoms with Crippen molar-refractivity contribution in [2.75, 3.05) is 0 Å². The topological polar surface area (TPSA) is 117 Å². The molecular weight excluding hydrogens is 681 g/mol. The van der Waals surface area contributed by atoms with Crippen molar-refractivity contribution in [3.63, 3.8) is 0 Å². The maximum absolute atomic E-state index is 12.2. The number of nitro groups is 1. The molecule has 1 aliphatic rings. The number of nitro benzene ring substituents is 1. The van der Waals surface area contributed by atoms with E-state index in [2.05, 4.69) is 38.1 Å². The smallest absolute Gasteiger partial charge is 0.288 e. The minimum Gasteiger partial charge on any atom is -0.506 e. The number of amidine groups is 1. The average molecular weight is 689 g/mol. The Bertz CT molecular complexity index is 1170. The SMILES string of the molecule is O=C1N/C(=N/N=Cc2cc(I)cc(I)c2O)SC1=Cc1cc([N+](=O)[O-])c(Cl)cc1Cl. The van der Waals surface area contributed by atoms with Gasteiger partial charge in [0.1, 0.15) is 10.8 Å². The summed E-state index contributed by atoms with van der Waals surface area (Å²) in [5, 5.41) is 31.8. The number of hydrogen-bond acceptors (Lipinski definition) is 7. The molecule has 3 rings (SSSR count). The Balaban J connectivity index is 1.83. The molecule has 0 saturated carbocycles. The molecule has 1 fully saturated rings. The van der Waals surface area contributed by atoms with Crippen LogP contribution < -0.4 is 5.32 Å². The summed E-state index contributed by atoms with van der Waals surface area (Å²) in [6.07, 6.45) is 2.78. The van der Waals surface area contributed by atoms with Crippen LogP contribution in [0.15, 0.2) is 39.4 Å². The summed E-state index contributed by atoms with van der Waals surface area (Å²) in [7, 11) is 0. The van der Waals surface area contributed by atoms with Crippen LogP contribution in [-0.2, 0) is 4.79 Å². The van der Waals surface area contributed by atoms with Gasteiger partial charge in [0.05, 0.1) is 19.6 Å². The normalized spacial score (nSPS) is 16.6. The van der Waals surface area contributed by atoms with Gasteiger partial charge in [0.15, 0.2) is 5.17 Å². The molecule has 0 atom stereocenters. The molecule has 0 radical (unpaired) electrons. The monoisotopic (exact) mass is 688 g/mol. The van der Waals surface area contributed by atoms with E-state index in [-0.39, 0.29) is 37.1 Å². The van der Waals surface area contributed by atoms with Gasteiger partial charge in [0.25, 0.3) is 11.6 Å². The predicted molar refractivity (Wildman–Crippen MR) is 135 cm³/mol. The van der Waals surface area contributed by atoms with Crippen LogP contribution >= 0.6 is 80.1 Å². The third-order valence-corrected chi connectivity index (χ3v) is 6.58. The molecule has 2 aromatic rings. The fraction of sp³-hybridized carbons (Fsp3) is 0. The molecule has 0 unspecified atom stereocenters. The van der Waals surface area contributed by atoms with Crippen molar-refractivity contribution < 1.29 is 14.8 Å². The minimum absolute atomic E-state index is 0.0858. The van der Waals surface area contributed by atoms with E-state index in [0.717, 1.165) is 15.3 Å². The Kier molecular flexibility index (Phi) is 7.60. The second-order valence-electron chi connectivity index (χ2n) is 5.62. The summed E-state index contributed by atoms with van der Waals surface area (Å²) in [5.41, 5.74) is 0.441. The summed E-state index contributed by atoms with van der Waals surface area (Å²) < 4.78 is 1.60. The van der Waals surface area contributed by atoms with Crippen molar-refractivity contribution in [1.82, 2.24) is 5.32 Å². The lowest BCUT2D eigenvalue weighted by Gasteiger charge is -2.02. The maximum atomic E-state index is 12.2. The molecule has 1 heterocycles. The molecule has 0 aliphatic carbocycles. The molecule has 2 aromatic carbocycles. The first kappa shape index (κ1) is 23.2. The summed E-state index contributed by atoms with van der Waals surface area (Å²) >= 11 is 17.0. The number of nitrogens with zero attached hydrogens (tertiary/aromatic N) is 3. The molecule has 154 valence electrons. The molecule has 1 amide bonds. The Morgan fingerprint density at radius 3 is 2.60 bits per heavy atom. The number of carbonyl (C=O) groups is 1. The maximum Gasteiger partial charge on any atom is 0.288 e. The van der Waals surface area contributed by atoms with E-state index in [1.54, 1.807) is 6.07 Å². The number of carbonyl (C=O) groups excluding carboxylic acids is 1. The van der Waals surface area contributed by atoms with Crippen LogP contribution in [0.1, 0.15) is 11.1 Å². The largest absolute Gasteiger partial charge is 0.506 e. The number of rotatable bonds is 4. The highest BCUT2D eigenvalue weighted by atomic mass is 127. The average Bonchev–Trinajstić information content (AvgIpc) is 3.00. The number of phenolic OH excluding ortho intramolecular Hbond substituents is 1. The van der Waals surface area contributed by atoms with E-state index >= 15 is 0 Å². The van der Waals surface area contributed by atoms with Gasteiger partial charge in [-0.25, -0.2) is 0 Å². The Hall–Kier alpha value is -1.42. The first-order chi connectivity index (χ1) is 14.2. The molecule has 30 heavy (non-hydrogen) atoms. The van der Waals surface area contributed by atoms with Gasteiger partial charge in [-0.2, -0.15) is 5.10 Å². The van der Waals surface area contributed by atoms with Crippen LogP contribution in [0.3, 0.4) is 0 Å². The van der Waals surface area contributed by atoms with Crippen molar-refractivity contribution in [2.24, 2.45) is 10.2 Å². The van der Waals surface area contributed by atoms with Gasteiger partial charge >= 0.3 is 0 Å². The van der Waals surface area contributed by atoms with Crippen LogP contribution in [0.5, 0.6) is 5.75 Å². The van der Waals surface area contributed by atoms with E-state index in [1.807, 2.05) is 28.7 Å². The molecule has 2 N–H and O–H groups in total. The fourth-order valence-corrected chi connectivity index (χ4v) is 5.41. The van der Waals surface area contributed by atoms with Crippen molar-refractivity contribution in [2.45, 2.75) is 0 Å². The zero-order valence-corrected chi connectivity index (χ0v) is 21.0. The summed E-state index contributed by atoms with van der Waals surface area (Å²) in [6.45, 7) is 0. The highest BCUT2D eigenvalue weighted by Crippen LogP contribution is 2.34. The summed E-state index contributed by atoms with van der Waals surface area (Å²) in [4.78, 5) is 22.8. The fourth-order valence-electron chi connectivity index (χ4n) is 2.25. The first-order valence-corrected chi connectivity index (χ1v) is 11.5. The van der Waals surface area contributed by atoms with Crippen molar-refractivity contribution in [3.8, 4) is 5.75 Å². The van der Waals surface area contributed by atoms with E-state index in [4.69, 9.17) is 23.2 Å². The molecule has 8 nitrogen and oxygen atoms in total. The number of hydrogen-bond donors (Lipinski definition) is 2. The summed E-state index contributed by atoms with van der Waals surface area (Å²) in [6, 6.07) is 6.00. The molecule has 1 saturated heterocycles. The summed E-state index contributed by atoms with van der Waals surface area (Å²) in [5.74, 6) is -0.364. The van der Waals surface area contributed by atoms with Gasteiger partial charge in [-0.05, 0) is 81.2 Å². The first-order valence-electron chi connectivity index (χ1n) is 7.79. The number of nitrogens with one attached hydrogen (secondary N) is 1. The van der Waals surface area contributed by atoms with Gasteiger partial charge in [-0.3, -0.25) is 20.2 Å². The number of phenols is 1. The van der Waals surface area contributed by atoms with Crippen LogP contribution in [-0.4, -0.2) is 27.3 Å². The zero-order chi connectivity index (χ0) is 22.0. The lowest BCUT2D eigenvalue weighted by atomic mass is 10.2. The minimum atomic E-state index is -0.633. The lowest BCUT2D eigenvalue weighted by Crippen LogP contribution is -2.19. The third-order valence-electron chi connectivity index (χ3n) is 3.60.